The highest BCUT2D eigenvalue weighted by Crippen LogP contribution is 2.32. The van der Waals surface area contributed by atoms with Crippen LogP contribution in [0.5, 0.6) is 5.75 Å². The molecule has 35 heavy (non-hydrogen) atoms. The van der Waals surface area contributed by atoms with Crippen LogP contribution in [0.15, 0.2) is 54.6 Å². The van der Waals surface area contributed by atoms with Gasteiger partial charge in [-0.3, -0.25) is 9.59 Å². The summed E-state index contributed by atoms with van der Waals surface area (Å²) < 4.78 is 5.72. The van der Waals surface area contributed by atoms with Gasteiger partial charge in [-0.1, -0.05) is 18.2 Å². The molecule has 2 aromatic rings. The summed E-state index contributed by atoms with van der Waals surface area (Å²) in [5, 5.41) is 0. The first-order valence-corrected chi connectivity index (χ1v) is 13.3. The number of amides is 2. The Morgan fingerprint density at radius 3 is 2.37 bits per heavy atom. The molecule has 5 rings (SSSR count). The fraction of sp³-hybridized carbons (Fsp3) is 0.517. The van der Waals surface area contributed by atoms with E-state index in [9.17, 15) is 9.59 Å². The fourth-order valence-corrected chi connectivity index (χ4v) is 5.95. The molecular formula is C29H37N3O3. The van der Waals surface area contributed by atoms with Crippen LogP contribution in [0, 0.1) is 5.92 Å². The third-order valence-corrected chi connectivity index (χ3v) is 7.84. The lowest BCUT2D eigenvalue weighted by atomic mass is 9.83. The molecule has 0 saturated carbocycles. The Balaban J connectivity index is 1.15. The molecule has 0 bridgehead atoms. The van der Waals surface area contributed by atoms with Crippen LogP contribution in [-0.4, -0.2) is 67.0 Å². The predicted octanol–water partition coefficient (Wildman–Crippen LogP) is 4.60. The number of carbonyl (C=O) groups is 2. The van der Waals surface area contributed by atoms with Gasteiger partial charge in [-0.15, -0.1) is 0 Å². The number of piperidine rings is 3. The highest BCUT2D eigenvalue weighted by molar-refractivity contribution is 5.95. The van der Waals surface area contributed by atoms with Gasteiger partial charge in [-0.25, -0.2) is 0 Å². The van der Waals surface area contributed by atoms with Gasteiger partial charge in [0.25, 0.3) is 5.91 Å². The highest BCUT2D eigenvalue weighted by atomic mass is 16.5. The van der Waals surface area contributed by atoms with E-state index >= 15 is 0 Å². The molecule has 3 aliphatic rings. The van der Waals surface area contributed by atoms with Crippen LogP contribution in [0.2, 0.25) is 0 Å². The Morgan fingerprint density at radius 2 is 1.60 bits per heavy atom. The summed E-state index contributed by atoms with van der Waals surface area (Å²) in [5.74, 6) is 1.44. The highest BCUT2D eigenvalue weighted by Gasteiger charge is 2.39. The van der Waals surface area contributed by atoms with Crippen molar-refractivity contribution in [3.05, 3.63) is 60.2 Å². The largest absolute Gasteiger partial charge is 0.493 e. The molecule has 0 aliphatic carbocycles. The molecule has 0 spiro atoms. The lowest BCUT2D eigenvalue weighted by molar-refractivity contribution is -0.135. The predicted molar refractivity (Wildman–Crippen MR) is 138 cm³/mol. The second-order valence-electron chi connectivity index (χ2n) is 10.1. The minimum absolute atomic E-state index is 0.140. The molecule has 6 heteroatoms. The van der Waals surface area contributed by atoms with Crippen molar-refractivity contribution in [3.63, 3.8) is 0 Å². The quantitative estimate of drug-likeness (QED) is 0.613. The smallest absolute Gasteiger partial charge is 0.254 e. The molecule has 0 radical (unpaired) electrons. The van der Waals surface area contributed by atoms with Gasteiger partial charge in [0.1, 0.15) is 5.75 Å². The third kappa shape index (κ3) is 5.63. The zero-order valence-corrected chi connectivity index (χ0v) is 20.6. The minimum Gasteiger partial charge on any atom is -0.493 e. The summed E-state index contributed by atoms with van der Waals surface area (Å²) in [6.45, 7) is 4.88. The standard InChI is InChI=1S/C29H37N3O3/c33-28(16-21-35-26-9-3-1-4-10-26)31-20-15-27-24(22-31)8-7-19-32(27)29(34)23-11-13-25(14-12-23)30-17-5-2-6-18-30/h1,3-4,9-14,24,27H,2,5-8,15-22H2/t24-,27+/m0/s1. The van der Waals surface area contributed by atoms with Gasteiger partial charge in [-0.05, 0) is 80.8 Å². The number of benzene rings is 2. The SMILES string of the molecule is O=C(CCOc1ccccc1)N1CC[C@@H]2[C@@H](CCCN2C(=O)c2ccc(N3CCCCC3)cc2)C1. The van der Waals surface area contributed by atoms with Crippen molar-refractivity contribution in [3.8, 4) is 5.75 Å². The molecule has 3 heterocycles. The molecule has 0 N–H and O–H groups in total. The van der Waals surface area contributed by atoms with Crippen LogP contribution >= 0.6 is 0 Å². The Morgan fingerprint density at radius 1 is 0.829 bits per heavy atom. The molecule has 0 unspecified atom stereocenters. The first kappa shape index (κ1) is 23.7. The molecule has 2 amide bonds. The first-order valence-electron chi connectivity index (χ1n) is 13.3. The monoisotopic (exact) mass is 475 g/mol. The molecule has 3 saturated heterocycles. The molecule has 2 atom stereocenters. The zero-order valence-electron chi connectivity index (χ0n) is 20.6. The number of anilines is 1. The van der Waals surface area contributed by atoms with Crippen molar-refractivity contribution in [1.29, 1.82) is 0 Å². The normalized spacial score (nSPS) is 22.5. The molecule has 0 aromatic heterocycles. The van der Waals surface area contributed by atoms with Gasteiger partial charge >= 0.3 is 0 Å². The van der Waals surface area contributed by atoms with E-state index in [0.29, 0.717) is 25.5 Å². The molecule has 2 aromatic carbocycles. The summed E-state index contributed by atoms with van der Waals surface area (Å²) in [5.41, 5.74) is 2.00. The van der Waals surface area contributed by atoms with Gasteiger partial charge in [0.05, 0.1) is 13.0 Å². The number of carbonyl (C=O) groups excluding carboxylic acids is 2. The van der Waals surface area contributed by atoms with E-state index < -0.39 is 0 Å². The van der Waals surface area contributed by atoms with Crippen molar-refractivity contribution >= 4 is 17.5 Å². The number of hydrogen-bond donors (Lipinski definition) is 0. The maximum Gasteiger partial charge on any atom is 0.254 e. The van der Waals surface area contributed by atoms with Gasteiger partial charge in [0.15, 0.2) is 0 Å². The Labute approximate surface area is 208 Å². The average Bonchev–Trinajstić information content (AvgIpc) is 2.93. The molecule has 3 fully saturated rings. The van der Waals surface area contributed by atoms with Gasteiger partial charge in [0.2, 0.25) is 5.91 Å². The molecule has 6 nitrogen and oxygen atoms in total. The van der Waals surface area contributed by atoms with E-state index in [2.05, 4.69) is 21.9 Å². The Hall–Kier alpha value is -3.02. The van der Waals surface area contributed by atoms with Gasteiger partial charge in [-0.2, -0.15) is 0 Å². The molecular weight excluding hydrogens is 438 g/mol. The van der Waals surface area contributed by atoms with Crippen LogP contribution in [0.1, 0.15) is 55.3 Å². The number of likely N-dealkylation sites (tertiary alicyclic amines) is 2. The maximum absolute atomic E-state index is 13.4. The van der Waals surface area contributed by atoms with E-state index in [-0.39, 0.29) is 17.9 Å². The zero-order chi connectivity index (χ0) is 24.0. The van der Waals surface area contributed by atoms with E-state index in [1.54, 1.807) is 0 Å². The fourth-order valence-electron chi connectivity index (χ4n) is 5.95. The lowest BCUT2D eigenvalue weighted by Gasteiger charge is -2.47. The number of rotatable bonds is 6. The van der Waals surface area contributed by atoms with Crippen molar-refractivity contribution < 1.29 is 14.3 Å². The van der Waals surface area contributed by atoms with E-state index in [1.165, 1.54) is 24.9 Å². The van der Waals surface area contributed by atoms with Crippen LogP contribution in [0.3, 0.4) is 0 Å². The maximum atomic E-state index is 13.4. The molecule has 3 aliphatic heterocycles. The number of ether oxygens (including phenoxy) is 1. The van der Waals surface area contributed by atoms with Crippen LogP contribution < -0.4 is 9.64 Å². The Kier molecular flexibility index (Phi) is 7.55. The topological polar surface area (TPSA) is 53.1 Å². The summed E-state index contributed by atoms with van der Waals surface area (Å²) >= 11 is 0. The first-order chi connectivity index (χ1) is 17.2. The summed E-state index contributed by atoms with van der Waals surface area (Å²) in [7, 11) is 0. The minimum atomic E-state index is 0.140. The summed E-state index contributed by atoms with van der Waals surface area (Å²) in [6, 6.07) is 18.1. The van der Waals surface area contributed by atoms with Crippen LogP contribution in [0.4, 0.5) is 5.69 Å². The van der Waals surface area contributed by atoms with E-state index in [1.807, 2.05) is 47.4 Å². The van der Waals surface area contributed by atoms with E-state index in [0.717, 1.165) is 56.8 Å². The average molecular weight is 476 g/mol. The number of hydrogen-bond acceptors (Lipinski definition) is 4. The molecule has 186 valence electrons. The van der Waals surface area contributed by atoms with Gasteiger partial charge < -0.3 is 19.4 Å². The number of nitrogens with zero attached hydrogens (tertiary/aromatic N) is 3. The van der Waals surface area contributed by atoms with Gasteiger partial charge in [0, 0.05) is 50.0 Å². The second-order valence-corrected chi connectivity index (χ2v) is 10.1. The van der Waals surface area contributed by atoms with Crippen molar-refractivity contribution in [2.45, 2.75) is 51.0 Å². The second kappa shape index (κ2) is 11.1. The summed E-state index contributed by atoms with van der Waals surface area (Å²) in [4.78, 5) is 32.8. The van der Waals surface area contributed by atoms with E-state index in [4.69, 9.17) is 4.74 Å². The lowest BCUT2D eigenvalue weighted by Crippen LogP contribution is -2.56. The van der Waals surface area contributed by atoms with Crippen molar-refractivity contribution in [2.24, 2.45) is 5.92 Å². The Bertz CT molecular complexity index is 988. The third-order valence-electron chi connectivity index (χ3n) is 7.84. The van der Waals surface area contributed by atoms with Crippen LogP contribution in [0.25, 0.3) is 0 Å². The summed E-state index contributed by atoms with van der Waals surface area (Å²) in [6.07, 6.45) is 7.12. The van der Waals surface area contributed by atoms with Crippen molar-refractivity contribution in [2.75, 3.05) is 44.2 Å². The van der Waals surface area contributed by atoms with Crippen LogP contribution in [-0.2, 0) is 4.79 Å². The number of para-hydroxylation sites is 1. The number of fused-ring (bicyclic) bond motifs is 1. The van der Waals surface area contributed by atoms with Crippen molar-refractivity contribution in [1.82, 2.24) is 9.80 Å².